The van der Waals surface area contributed by atoms with Crippen molar-refractivity contribution < 1.29 is 23.5 Å². The zero-order chi connectivity index (χ0) is 23.7. The number of ether oxygens (including phenoxy) is 2. The van der Waals surface area contributed by atoms with Crippen molar-refractivity contribution in [3.63, 3.8) is 0 Å². The third-order valence-electron chi connectivity index (χ3n) is 5.20. The molecule has 1 aliphatic rings. The lowest BCUT2D eigenvalue weighted by Gasteiger charge is -2.24. The summed E-state index contributed by atoms with van der Waals surface area (Å²) in [4.78, 5) is 43.2. The first-order valence-electron chi connectivity index (χ1n) is 10.3. The molecule has 0 unspecified atom stereocenters. The molecular formula is C24H22N2O6S. The average molecular weight is 467 g/mol. The molecule has 2 aromatic heterocycles. The molecule has 0 N–H and O–H groups in total. The van der Waals surface area contributed by atoms with Crippen LogP contribution in [0.25, 0.3) is 6.08 Å². The Morgan fingerprint density at radius 3 is 2.48 bits per heavy atom. The fourth-order valence-corrected chi connectivity index (χ4v) is 4.71. The minimum atomic E-state index is -0.757. The number of methoxy groups -OCH3 is 1. The maximum Gasteiger partial charge on any atom is 0.338 e. The number of thiazole rings is 1. The lowest BCUT2D eigenvalue weighted by Crippen LogP contribution is -2.39. The van der Waals surface area contributed by atoms with Crippen LogP contribution in [-0.2, 0) is 14.3 Å². The van der Waals surface area contributed by atoms with Gasteiger partial charge in [0.25, 0.3) is 5.56 Å². The number of carbonyl (C=O) groups excluding carboxylic acids is 2. The number of aromatic nitrogens is 1. The molecule has 0 amide bonds. The number of esters is 2. The molecule has 9 heteroatoms. The Bertz CT molecular complexity index is 1440. The van der Waals surface area contributed by atoms with Crippen molar-refractivity contribution in [3.8, 4) is 0 Å². The maximum absolute atomic E-state index is 13.5. The quantitative estimate of drug-likeness (QED) is 0.536. The monoisotopic (exact) mass is 466 g/mol. The van der Waals surface area contributed by atoms with E-state index in [0.29, 0.717) is 31.9 Å². The molecule has 1 aromatic carbocycles. The number of carbonyl (C=O) groups is 2. The molecule has 1 aliphatic heterocycles. The van der Waals surface area contributed by atoms with Crippen LogP contribution in [0.2, 0.25) is 0 Å². The van der Waals surface area contributed by atoms with Crippen molar-refractivity contribution >= 4 is 29.4 Å². The molecule has 8 nitrogen and oxygen atoms in total. The number of aryl methyl sites for hydroxylation is 1. The fourth-order valence-electron chi connectivity index (χ4n) is 3.69. The van der Waals surface area contributed by atoms with Crippen LogP contribution in [-0.4, -0.2) is 30.2 Å². The molecule has 33 heavy (non-hydrogen) atoms. The Balaban J connectivity index is 1.92. The standard InChI is InChI=1S/C24H22N2O6S/c1-5-31-23(29)19-14(3)25-24-26(20(19)15-7-9-16(10-8-15)22(28)30-4)21(27)18(33-24)12-17-11-6-13(2)32-17/h6-12,20H,5H2,1-4H3/b18-12-/t20-/m1/s1. The molecular weight excluding hydrogens is 444 g/mol. The lowest BCUT2D eigenvalue weighted by atomic mass is 9.95. The van der Waals surface area contributed by atoms with E-state index >= 15 is 0 Å². The number of furan rings is 1. The van der Waals surface area contributed by atoms with Crippen molar-refractivity contribution in [2.45, 2.75) is 26.8 Å². The largest absolute Gasteiger partial charge is 0.465 e. The van der Waals surface area contributed by atoms with E-state index in [-0.39, 0.29) is 17.7 Å². The summed E-state index contributed by atoms with van der Waals surface area (Å²) in [6.45, 7) is 5.45. The van der Waals surface area contributed by atoms with Crippen molar-refractivity contribution in [3.05, 3.63) is 90.0 Å². The van der Waals surface area contributed by atoms with Crippen LogP contribution in [0.3, 0.4) is 0 Å². The highest BCUT2D eigenvalue weighted by atomic mass is 32.1. The predicted octanol–water partition coefficient (Wildman–Crippen LogP) is 2.49. The van der Waals surface area contributed by atoms with Crippen LogP contribution >= 0.6 is 11.3 Å². The Morgan fingerprint density at radius 1 is 1.15 bits per heavy atom. The summed E-state index contributed by atoms with van der Waals surface area (Å²) in [6, 6.07) is 9.43. The Kier molecular flexibility index (Phi) is 6.15. The fraction of sp³-hybridized carbons (Fsp3) is 0.250. The summed E-state index contributed by atoms with van der Waals surface area (Å²) >= 11 is 1.21. The molecule has 4 rings (SSSR count). The number of allylic oxidation sites excluding steroid dienone is 1. The van der Waals surface area contributed by atoms with Gasteiger partial charge in [0.05, 0.1) is 41.1 Å². The van der Waals surface area contributed by atoms with Gasteiger partial charge >= 0.3 is 11.9 Å². The van der Waals surface area contributed by atoms with E-state index < -0.39 is 18.0 Å². The number of hydrogen-bond donors (Lipinski definition) is 0. The zero-order valence-corrected chi connectivity index (χ0v) is 19.4. The second kappa shape index (κ2) is 9.03. The van der Waals surface area contributed by atoms with Crippen molar-refractivity contribution in [1.82, 2.24) is 4.57 Å². The molecule has 0 radical (unpaired) electrons. The molecule has 1 atom stereocenters. The van der Waals surface area contributed by atoms with E-state index in [0.717, 1.165) is 5.76 Å². The number of rotatable bonds is 5. The van der Waals surface area contributed by atoms with Gasteiger partial charge in [-0.2, -0.15) is 0 Å². The highest BCUT2D eigenvalue weighted by Crippen LogP contribution is 2.31. The first-order chi connectivity index (χ1) is 15.8. The van der Waals surface area contributed by atoms with Gasteiger partial charge < -0.3 is 13.9 Å². The van der Waals surface area contributed by atoms with Gasteiger partial charge in [-0.05, 0) is 50.6 Å². The smallest absolute Gasteiger partial charge is 0.338 e. The topological polar surface area (TPSA) is 100 Å². The normalized spacial score (nSPS) is 15.8. The third kappa shape index (κ3) is 4.19. The van der Waals surface area contributed by atoms with Crippen LogP contribution in [0.4, 0.5) is 0 Å². The van der Waals surface area contributed by atoms with Gasteiger partial charge in [-0.3, -0.25) is 9.36 Å². The van der Waals surface area contributed by atoms with E-state index in [9.17, 15) is 14.4 Å². The van der Waals surface area contributed by atoms with Crippen LogP contribution < -0.4 is 14.9 Å². The maximum atomic E-state index is 13.5. The van der Waals surface area contributed by atoms with Crippen molar-refractivity contribution in [2.75, 3.05) is 13.7 Å². The molecule has 0 saturated heterocycles. The minimum Gasteiger partial charge on any atom is -0.465 e. The van der Waals surface area contributed by atoms with Gasteiger partial charge in [0.2, 0.25) is 0 Å². The third-order valence-corrected chi connectivity index (χ3v) is 6.18. The SMILES string of the molecule is CCOC(=O)C1=C(C)N=c2s/c(=C\c3ccc(C)o3)c(=O)n2[C@@H]1c1ccc(C(=O)OC)cc1. The molecule has 3 aromatic rings. The molecule has 0 aliphatic carbocycles. The van der Waals surface area contributed by atoms with Crippen LogP contribution in [0.15, 0.2) is 61.9 Å². The summed E-state index contributed by atoms with van der Waals surface area (Å²) in [5, 5.41) is 0. The highest BCUT2D eigenvalue weighted by molar-refractivity contribution is 7.07. The van der Waals surface area contributed by atoms with E-state index in [2.05, 4.69) is 4.99 Å². The second-order valence-corrected chi connectivity index (χ2v) is 8.37. The summed E-state index contributed by atoms with van der Waals surface area (Å²) < 4.78 is 17.5. The van der Waals surface area contributed by atoms with Crippen molar-refractivity contribution in [1.29, 1.82) is 0 Å². The number of hydrogen-bond acceptors (Lipinski definition) is 8. The zero-order valence-electron chi connectivity index (χ0n) is 18.6. The first kappa shape index (κ1) is 22.5. The second-order valence-electron chi connectivity index (χ2n) is 7.36. The van der Waals surface area contributed by atoms with Crippen molar-refractivity contribution in [2.24, 2.45) is 4.99 Å². The predicted molar refractivity (Wildman–Crippen MR) is 122 cm³/mol. The Labute approximate surface area is 193 Å². The number of fused-ring (bicyclic) bond motifs is 1. The van der Waals surface area contributed by atoms with Gasteiger partial charge in [-0.15, -0.1) is 0 Å². The van der Waals surface area contributed by atoms with E-state index in [1.54, 1.807) is 50.3 Å². The average Bonchev–Trinajstić information content (AvgIpc) is 3.34. The molecule has 0 bridgehead atoms. The lowest BCUT2D eigenvalue weighted by molar-refractivity contribution is -0.139. The summed E-state index contributed by atoms with van der Waals surface area (Å²) in [5.41, 5.74) is 1.44. The van der Waals surface area contributed by atoms with Gasteiger partial charge in [0, 0.05) is 6.08 Å². The molecule has 0 spiro atoms. The molecule has 3 heterocycles. The minimum absolute atomic E-state index is 0.186. The van der Waals surface area contributed by atoms with Gasteiger partial charge in [0.1, 0.15) is 11.5 Å². The van der Waals surface area contributed by atoms with Crippen LogP contribution in [0.5, 0.6) is 0 Å². The summed E-state index contributed by atoms with van der Waals surface area (Å²) in [7, 11) is 1.31. The molecule has 170 valence electrons. The van der Waals surface area contributed by atoms with Gasteiger partial charge in [-0.25, -0.2) is 14.6 Å². The number of nitrogens with zero attached hydrogens (tertiary/aromatic N) is 2. The van der Waals surface area contributed by atoms with Gasteiger partial charge in [0.15, 0.2) is 4.80 Å². The molecule has 0 fully saturated rings. The van der Waals surface area contributed by atoms with Crippen LogP contribution in [0.1, 0.15) is 47.3 Å². The summed E-state index contributed by atoms with van der Waals surface area (Å²) in [5.74, 6) is 0.268. The Hall–Kier alpha value is -3.72. The highest BCUT2D eigenvalue weighted by Gasteiger charge is 2.33. The van der Waals surface area contributed by atoms with E-state index in [4.69, 9.17) is 13.9 Å². The Morgan fingerprint density at radius 2 is 1.88 bits per heavy atom. The molecule has 0 saturated carbocycles. The van der Waals surface area contributed by atoms with E-state index in [1.165, 1.54) is 23.0 Å². The van der Waals surface area contributed by atoms with E-state index in [1.807, 2.05) is 13.0 Å². The van der Waals surface area contributed by atoms with Gasteiger partial charge in [-0.1, -0.05) is 23.5 Å². The van der Waals surface area contributed by atoms with Crippen LogP contribution in [0, 0.1) is 6.92 Å². The number of benzene rings is 1. The first-order valence-corrected chi connectivity index (χ1v) is 11.1. The summed E-state index contributed by atoms with van der Waals surface area (Å²) in [6.07, 6.45) is 1.66.